The minimum atomic E-state index is -1.16. The number of carbonyl (C=O) groups excluding carboxylic acids is 2. The Morgan fingerprint density at radius 1 is 1.32 bits per heavy atom. The third kappa shape index (κ3) is 6.64. The van der Waals surface area contributed by atoms with Gasteiger partial charge in [0.2, 0.25) is 0 Å². The van der Waals surface area contributed by atoms with E-state index in [2.05, 4.69) is 10.1 Å². The van der Waals surface area contributed by atoms with Gasteiger partial charge in [-0.15, -0.1) is 0 Å². The summed E-state index contributed by atoms with van der Waals surface area (Å²) in [5.41, 5.74) is 0. The summed E-state index contributed by atoms with van der Waals surface area (Å²) in [6.07, 6.45) is 0.756. The Labute approximate surface area is 112 Å². The molecule has 0 saturated heterocycles. The zero-order chi connectivity index (χ0) is 14.8. The summed E-state index contributed by atoms with van der Waals surface area (Å²) in [6.45, 7) is 4.82. The number of carboxylic acids is 1. The van der Waals surface area contributed by atoms with Gasteiger partial charge >= 0.3 is 18.0 Å². The summed E-state index contributed by atoms with van der Waals surface area (Å²) in [5.74, 6) is -1.66. The molecule has 0 aromatic rings. The van der Waals surface area contributed by atoms with Crippen molar-refractivity contribution in [2.45, 2.75) is 39.2 Å². The van der Waals surface area contributed by atoms with Crippen LogP contribution >= 0.6 is 0 Å². The van der Waals surface area contributed by atoms with Crippen molar-refractivity contribution in [3.05, 3.63) is 0 Å². The molecule has 0 saturated carbocycles. The van der Waals surface area contributed by atoms with Crippen LogP contribution in [-0.4, -0.2) is 54.2 Å². The summed E-state index contributed by atoms with van der Waals surface area (Å²) >= 11 is 0. The molecule has 7 nitrogen and oxygen atoms in total. The predicted molar refractivity (Wildman–Crippen MR) is 68.7 cm³/mol. The fourth-order valence-corrected chi connectivity index (χ4v) is 1.54. The van der Waals surface area contributed by atoms with Crippen molar-refractivity contribution < 1.29 is 24.2 Å². The van der Waals surface area contributed by atoms with Crippen molar-refractivity contribution in [3.8, 4) is 0 Å². The number of hydrogen-bond acceptors (Lipinski definition) is 4. The molecule has 0 bridgehead atoms. The molecule has 0 heterocycles. The van der Waals surface area contributed by atoms with E-state index in [0.29, 0.717) is 13.1 Å². The lowest BCUT2D eigenvalue weighted by Gasteiger charge is -2.23. The van der Waals surface area contributed by atoms with Crippen molar-refractivity contribution in [2.75, 3.05) is 20.2 Å². The van der Waals surface area contributed by atoms with Crippen LogP contribution in [0.4, 0.5) is 4.79 Å². The molecular weight excluding hydrogens is 252 g/mol. The molecule has 0 aromatic carbocycles. The van der Waals surface area contributed by atoms with E-state index < -0.39 is 24.0 Å². The molecule has 7 heteroatoms. The van der Waals surface area contributed by atoms with E-state index in [1.165, 1.54) is 12.0 Å². The molecule has 0 aliphatic carbocycles. The van der Waals surface area contributed by atoms with Gasteiger partial charge in [0.15, 0.2) is 0 Å². The molecule has 0 aliphatic rings. The van der Waals surface area contributed by atoms with Crippen molar-refractivity contribution >= 4 is 18.0 Å². The van der Waals surface area contributed by atoms with Crippen molar-refractivity contribution in [1.29, 1.82) is 0 Å². The number of carbonyl (C=O) groups is 3. The fourth-order valence-electron chi connectivity index (χ4n) is 1.54. The second kappa shape index (κ2) is 9.18. The molecule has 110 valence electrons. The van der Waals surface area contributed by atoms with Crippen LogP contribution in [-0.2, 0) is 14.3 Å². The van der Waals surface area contributed by atoms with Gasteiger partial charge in [0.1, 0.15) is 6.04 Å². The number of nitrogens with zero attached hydrogens (tertiary/aromatic N) is 1. The van der Waals surface area contributed by atoms with Crippen molar-refractivity contribution in [1.82, 2.24) is 10.2 Å². The number of hydrogen-bond donors (Lipinski definition) is 2. The standard InChI is InChI=1S/C12H22N2O5/c1-4-8-14(5-2)12(18)13-9(11(16)17)6-7-10(15)19-3/h9H,4-8H2,1-3H3,(H,13,18)(H,16,17)/t9-/m1/s1. The number of esters is 1. The van der Waals surface area contributed by atoms with Gasteiger partial charge in [-0.2, -0.15) is 0 Å². The third-order valence-corrected chi connectivity index (χ3v) is 2.62. The minimum absolute atomic E-state index is 0.0113. The van der Waals surface area contributed by atoms with Crippen LogP contribution < -0.4 is 5.32 Å². The van der Waals surface area contributed by atoms with Gasteiger partial charge in [-0.3, -0.25) is 4.79 Å². The highest BCUT2D eigenvalue weighted by Crippen LogP contribution is 2.02. The number of amides is 2. The molecule has 0 unspecified atom stereocenters. The summed E-state index contributed by atoms with van der Waals surface area (Å²) in [5, 5.41) is 11.4. The van der Waals surface area contributed by atoms with Crippen LogP contribution in [0.3, 0.4) is 0 Å². The number of aliphatic carboxylic acids is 1. The maximum atomic E-state index is 11.8. The Hall–Kier alpha value is -1.79. The maximum absolute atomic E-state index is 11.8. The molecule has 0 aromatic heterocycles. The van der Waals surface area contributed by atoms with E-state index >= 15 is 0 Å². The van der Waals surface area contributed by atoms with Gasteiger partial charge in [-0.25, -0.2) is 9.59 Å². The first-order chi connectivity index (χ1) is 8.96. The number of ether oxygens (including phenoxy) is 1. The average molecular weight is 274 g/mol. The summed E-state index contributed by atoms with van der Waals surface area (Å²) in [6, 6.07) is -1.51. The van der Waals surface area contributed by atoms with Crippen LogP contribution in [0.1, 0.15) is 33.1 Å². The molecule has 19 heavy (non-hydrogen) atoms. The Morgan fingerprint density at radius 3 is 2.37 bits per heavy atom. The highest BCUT2D eigenvalue weighted by atomic mass is 16.5. The normalized spacial score (nSPS) is 11.5. The number of carboxylic acid groups (broad SMARTS) is 1. The zero-order valence-corrected chi connectivity index (χ0v) is 11.6. The second-order valence-corrected chi connectivity index (χ2v) is 4.03. The predicted octanol–water partition coefficient (Wildman–Crippen LogP) is 0.834. The molecule has 0 rings (SSSR count). The Balaban J connectivity index is 4.44. The fraction of sp³-hybridized carbons (Fsp3) is 0.750. The van der Waals surface area contributed by atoms with Gasteiger partial charge in [-0.1, -0.05) is 6.92 Å². The molecule has 0 spiro atoms. The molecule has 2 N–H and O–H groups in total. The topological polar surface area (TPSA) is 95.9 Å². The lowest BCUT2D eigenvalue weighted by molar-refractivity contribution is -0.142. The van der Waals surface area contributed by atoms with Crippen molar-refractivity contribution in [2.24, 2.45) is 0 Å². The number of rotatable bonds is 8. The molecule has 0 aliphatic heterocycles. The van der Waals surface area contributed by atoms with Crippen LogP contribution in [0, 0.1) is 0 Å². The van der Waals surface area contributed by atoms with E-state index in [-0.39, 0.29) is 12.8 Å². The largest absolute Gasteiger partial charge is 0.480 e. The van der Waals surface area contributed by atoms with Gasteiger partial charge in [0.25, 0.3) is 0 Å². The Bertz CT molecular complexity index is 319. The molecular formula is C12H22N2O5. The molecule has 0 fully saturated rings. The van der Waals surface area contributed by atoms with Crippen LogP contribution in [0.2, 0.25) is 0 Å². The first-order valence-corrected chi connectivity index (χ1v) is 6.31. The Kier molecular flexibility index (Phi) is 8.32. The quantitative estimate of drug-likeness (QED) is 0.639. The molecule has 1 atom stereocenters. The van der Waals surface area contributed by atoms with E-state index in [1.54, 1.807) is 0 Å². The minimum Gasteiger partial charge on any atom is -0.480 e. The third-order valence-electron chi connectivity index (χ3n) is 2.62. The van der Waals surface area contributed by atoms with Crippen LogP contribution in [0.15, 0.2) is 0 Å². The van der Waals surface area contributed by atoms with Gasteiger partial charge in [0, 0.05) is 19.5 Å². The van der Waals surface area contributed by atoms with E-state index in [1.807, 2.05) is 13.8 Å². The van der Waals surface area contributed by atoms with Gasteiger partial charge < -0.3 is 20.1 Å². The monoisotopic (exact) mass is 274 g/mol. The van der Waals surface area contributed by atoms with Crippen molar-refractivity contribution in [3.63, 3.8) is 0 Å². The van der Waals surface area contributed by atoms with E-state index in [9.17, 15) is 14.4 Å². The molecule has 0 radical (unpaired) electrons. The van der Waals surface area contributed by atoms with E-state index in [0.717, 1.165) is 6.42 Å². The highest BCUT2D eigenvalue weighted by Gasteiger charge is 2.23. The summed E-state index contributed by atoms with van der Waals surface area (Å²) in [4.78, 5) is 35.3. The van der Waals surface area contributed by atoms with E-state index in [4.69, 9.17) is 5.11 Å². The summed E-state index contributed by atoms with van der Waals surface area (Å²) < 4.78 is 4.44. The lowest BCUT2D eigenvalue weighted by atomic mass is 10.1. The first kappa shape index (κ1) is 17.2. The highest BCUT2D eigenvalue weighted by molar-refractivity contribution is 5.83. The zero-order valence-electron chi connectivity index (χ0n) is 11.6. The van der Waals surface area contributed by atoms with Crippen LogP contribution in [0.5, 0.6) is 0 Å². The van der Waals surface area contributed by atoms with Gasteiger partial charge in [-0.05, 0) is 19.8 Å². The summed E-state index contributed by atoms with van der Waals surface area (Å²) in [7, 11) is 1.23. The van der Waals surface area contributed by atoms with Crippen LogP contribution in [0.25, 0.3) is 0 Å². The number of urea groups is 1. The number of methoxy groups -OCH3 is 1. The average Bonchev–Trinajstić information content (AvgIpc) is 2.39. The molecule has 2 amide bonds. The van der Waals surface area contributed by atoms with Gasteiger partial charge in [0.05, 0.1) is 7.11 Å². The second-order valence-electron chi connectivity index (χ2n) is 4.03. The Morgan fingerprint density at radius 2 is 1.95 bits per heavy atom. The number of nitrogens with one attached hydrogen (secondary N) is 1. The first-order valence-electron chi connectivity index (χ1n) is 6.31. The maximum Gasteiger partial charge on any atom is 0.326 e. The smallest absolute Gasteiger partial charge is 0.326 e. The lowest BCUT2D eigenvalue weighted by Crippen LogP contribution is -2.48. The SMILES string of the molecule is CCCN(CC)C(=O)N[C@H](CCC(=O)OC)C(=O)O.